The predicted octanol–water partition coefficient (Wildman–Crippen LogP) is 4.62. The van der Waals surface area contributed by atoms with Gasteiger partial charge < -0.3 is 20.3 Å². The molecule has 0 spiro atoms. The minimum atomic E-state index is 0.0160. The van der Waals surface area contributed by atoms with Crippen LogP contribution in [0.15, 0.2) is 42.9 Å². The topological polar surface area (TPSA) is 97.2 Å². The average Bonchev–Trinajstić information content (AvgIpc) is 3.52. The van der Waals surface area contributed by atoms with Crippen molar-refractivity contribution in [3.8, 4) is 11.3 Å². The fraction of sp³-hybridized carbons (Fsp3) is 0.481. The molecule has 9 nitrogen and oxygen atoms in total. The summed E-state index contributed by atoms with van der Waals surface area (Å²) >= 11 is 0. The van der Waals surface area contributed by atoms with Crippen molar-refractivity contribution < 1.29 is 9.53 Å². The molecule has 3 aromatic rings. The number of benzene rings is 1. The highest BCUT2D eigenvalue weighted by Gasteiger charge is 2.33. The van der Waals surface area contributed by atoms with E-state index in [-0.39, 0.29) is 11.4 Å². The molecule has 9 heteroatoms. The van der Waals surface area contributed by atoms with E-state index < -0.39 is 0 Å². The number of carbonyl (C=O) groups is 1. The zero-order chi connectivity index (χ0) is 25.7. The second-order valence-corrected chi connectivity index (χ2v) is 10.5. The minimum absolute atomic E-state index is 0.0160. The van der Waals surface area contributed by atoms with E-state index in [9.17, 15) is 4.79 Å². The van der Waals surface area contributed by atoms with Crippen LogP contribution in [0.25, 0.3) is 11.3 Å². The summed E-state index contributed by atoms with van der Waals surface area (Å²) in [4.78, 5) is 23.7. The number of carbonyl (C=O) groups excluding carboxylic acids is 1. The van der Waals surface area contributed by atoms with Gasteiger partial charge in [0.1, 0.15) is 0 Å². The van der Waals surface area contributed by atoms with Gasteiger partial charge in [-0.25, -0.2) is 14.8 Å². The molecule has 0 bridgehead atoms. The van der Waals surface area contributed by atoms with Gasteiger partial charge in [-0.2, -0.15) is 5.10 Å². The smallest absolute Gasteiger partial charge is 0.317 e. The summed E-state index contributed by atoms with van der Waals surface area (Å²) in [6.07, 6.45) is 6.44. The molecule has 2 amide bonds. The molecular formula is C27H37N7O2. The van der Waals surface area contributed by atoms with Crippen molar-refractivity contribution in [2.45, 2.75) is 47.2 Å². The number of methoxy groups -OCH3 is 1. The number of nitrogens with zero attached hydrogens (tertiary/aromatic N) is 5. The quantitative estimate of drug-likeness (QED) is 0.477. The Morgan fingerprint density at radius 3 is 2.81 bits per heavy atom. The van der Waals surface area contributed by atoms with Gasteiger partial charge >= 0.3 is 6.03 Å². The summed E-state index contributed by atoms with van der Waals surface area (Å²) in [7, 11) is 1.67. The van der Waals surface area contributed by atoms with E-state index in [1.54, 1.807) is 19.5 Å². The molecule has 0 aliphatic carbocycles. The van der Waals surface area contributed by atoms with Gasteiger partial charge in [0.25, 0.3) is 0 Å². The lowest BCUT2D eigenvalue weighted by Gasteiger charge is -2.27. The fourth-order valence-electron chi connectivity index (χ4n) is 4.43. The maximum Gasteiger partial charge on any atom is 0.317 e. The van der Waals surface area contributed by atoms with Crippen LogP contribution in [0.3, 0.4) is 0 Å². The lowest BCUT2D eigenvalue weighted by atomic mass is 9.80. The van der Waals surface area contributed by atoms with Gasteiger partial charge in [-0.05, 0) is 47.9 Å². The van der Waals surface area contributed by atoms with Crippen molar-refractivity contribution in [1.29, 1.82) is 0 Å². The van der Waals surface area contributed by atoms with Gasteiger partial charge in [-0.15, -0.1) is 0 Å². The Morgan fingerprint density at radius 2 is 2.08 bits per heavy atom. The number of hydrogen-bond donors (Lipinski definition) is 2. The first-order chi connectivity index (χ1) is 17.2. The summed E-state index contributed by atoms with van der Waals surface area (Å²) < 4.78 is 6.90. The Bertz CT molecular complexity index is 1180. The molecule has 1 saturated heterocycles. The molecule has 1 aliphatic heterocycles. The monoisotopic (exact) mass is 491 g/mol. The van der Waals surface area contributed by atoms with Crippen LogP contribution in [-0.2, 0) is 17.8 Å². The van der Waals surface area contributed by atoms with Crippen molar-refractivity contribution in [2.75, 3.05) is 32.1 Å². The summed E-state index contributed by atoms with van der Waals surface area (Å²) in [5, 5.41) is 10.6. The zero-order valence-corrected chi connectivity index (χ0v) is 21.9. The fourth-order valence-corrected chi connectivity index (χ4v) is 4.43. The van der Waals surface area contributed by atoms with Crippen LogP contribution in [0.2, 0.25) is 0 Å². The van der Waals surface area contributed by atoms with Crippen LogP contribution in [0.5, 0.6) is 0 Å². The predicted molar refractivity (Wildman–Crippen MR) is 141 cm³/mol. The lowest BCUT2D eigenvalue weighted by Crippen LogP contribution is -2.39. The summed E-state index contributed by atoms with van der Waals surface area (Å²) in [6.45, 7) is 12.2. The van der Waals surface area contributed by atoms with Crippen LogP contribution in [-0.4, -0.2) is 57.5 Å². The van der Waals surface area contributed by atoms with Crippen molar-refractivity contribution in [2.24, 2.45) is 11.3 Å². The first-order valence-electron chi connectivity index (χ1n) is 12.5. The van der Waals surface area contributed by atoms with Gasteiger partial charge in [0.05, 0.1) is 30.7 Å². The van der Waals surface area contributed by atoms with E-state index >= 15 is 0 Å². The SMILES string of the molecule is COCCn1cc(Nc2nccc(-c3ccc(CNC(=O)N4CCC(C(C)(C)C)C4)c(C)c3)n2)cn1. The number of amides is 2. The van der Waals surface area contributed by atoms with E-state index in [4.69, 9.17) is 4.74 Å². The maximum absolute atomic E-state index is 12.7. The molecule has 4 rings (SSSR count). The summed E-state index contributed by atoms with van der Waals surface area (Å²) in [5.41, 5.74) is 5.06. The molecule has 1 unspecified atom stereocenters. The molecule has 36 heavy (non-hydrogen) atoms. The number of rotatable bonds is 8. The Balaban J connectivity index is 1.36. The molecule has 0 radical (unpaired) electrons. The summed E-state index contributed by atoms with van der Waals surface area (Å²) in [5.74, 6) is 1.05. The van der Waals surface area contributed by atoms with Crippen LogP contribution in [0, 0.1) is 18.3 Å². The molecule has 3 heterocycles. The number of likely N-dealkylation sites (tertiary alicyclic amines) is 1. The van der Waals surface area contributed by atoms with Gasteiger partial charge in [0, 0.05) is 44.7 Å². The van der Waals surface area contributed by atoms with Gasteiger partial charge in [-0.1, -0.05) is 32.9 Å². The van der Waals surface area contributed by atoms with Crippen molar-refractivity contribution in [1.82, 2.24) is 30.0 Å². The molecule has 0 saturated carbocycles. The third-order valence-electron chi connectivity index (χ3n) is 6.84. The van der Waals surface area contributed by atoms with Gasteiger partial charge in [0.2, 0.25) is 5.95 Å². The number of aryl methyl sites for hydroxylation is 1. The Hall–Kier alpha value is -3.46. The van der Waals surface area contributed by atoms with Crippen molar-refractivity contribution in [3.05, 3.63) is 54.0 Å². The standard InChI is InChI=1S/C27H37N7O2/c1-19-14-20(6-7-21(19)15-29-26(35)33-11-9-22(17-33)27(2,3)4)24-8-10-28-25(32-24)31-23-16-30-34(18-23)12-13-36-5/h6-8,10,14,16,18,22H,9,11-13,15,17H2,1-5H3,(H,29,35)(H,28,31,32). The Labute approximate surface area is 213 Å². The van der Waals surface area contributed by atoms with Gasteiger partial charge in [-0.3, -0.25) is 4.68 Å². The van der Waals surface area contributed by atoms with E-state index in [0.717, 1.165) is 47.6 Å². The maximum atomic E-state index is 12.7. The van der Waals surface area contributed by atoms with Gasteiger partial charge in [0.15, 0.2) is 0 Å². The highest BCUT2D eigenvalue weighted by molar-refractivity contribution is 5.74. The Kier molecular flexibility index (Phi) is 7.88. The third-order valence-corrected chi connectivity index (χ3v) is 6.84. The summed E-state index contributed by atoms with van der Waals surface area (Å²) in [6, 6.07) is 8.10. The molecule has 2 aromatic heterocycles. The largest absolute Gasteiger partial charge is 0.383 e. The van der Waals surface area contributed by atoms with Crippen LogP contribution in [0.4, 0.5) is 16.4 Å². The average molecular weight is 492 g/mol. The minimum Gasteiger partial charge on any atom is -0.383 e. The van der Waals surface area contributed by atoms with Crippen LogP contribution < -0.4 is 10.6 Å². The van der Waals surface area contributed by atoms with Crippen molar-refractivity contribution in [3.63, 3.8) is 0 Å². The first-order valence-corrected chi connectivity index (χ1v) is 12.5. The van der Waals surface area contributed by atoms with E-state index in [1.165, 1.54) is 0 Å². The molecule has 1 atom stereocenters. The lowest BCUT2D eigenvalue weighted by molar-refractivity contribution is 0.183. The normalized spacial score (nSPS) is 15.8. The second kappa shape index (κ2) is 11.1. The molecule has 192 valence electrons. The molecular weight excluding hydrogens is 454 g/mol. The van der Waals surface area contributed by atoms with Crippen LogP contribution >= 0.6 is 0 Å². The molecule has 1 aromatic carbocycles. The number of ether oxygens (including phenoxy) is 1. The number of nitrogens with one attached hydrogen (secondary N) is 2. The third kappa shape index (κ3) is 6.40. The first kappa shape index (κ1) is 25.6. The van der Waals surface area contributed by atoms with Crippen LogP contribution in [0.1, 0.15) is 38.3 Å². The second-order valence-electron chi connectivity index (χ2n) is 10.5. The Morgan fingerprint density at radius 1 is 1.25 bits per heavy atom. The molecule has 2 N–H and O–H groups in total. The number of anilines is 2. The van der Waals surface area contributed by atoms with E-state index in [2.05, 4.69) is 65.5 Å². The number of hydrogen-bond acceptors (Lipinski definition) is 6. The number of aromatic nitrogens is 4. The highest BCUT2D eigenvalue weighted by atomic mass is 16.5. The zero-order valence-electron chi connectivity index (χ0n) is 21.9. The van der Waals surface area contributed by atoms with E-state index in [0.29, 0.717) is 31.6 Å². The molecule has 1 aliphatic rings. The van der Waals surface area contributed by atoms with Crippen molar-refractivity contribution >= 4 is 17.7 Å². The number of urea groups is 1. The molecule has 1 fully saturated rings. The highest BCUT2D eigenvalue weighted by Crippen LogP contribution is 2.33. The van der Waals surface area contributed by atoms with E-state index in [1.807, 2.05) is 27.9 Å².